The molecule has 29 heavy (non-hydrogen) atoms. The van der Waals surface area contributed by atoms with Crippen LogP contribution < -0.4 is 0 Å². The van der Waals surface area contributed by atoms with Crippen LogP contribution >= 0.6 is 27.7 Å². The van der Waals surface area contributed by atoms with E-state index < -0.39 is 0 Å². The van der Waals surface area contributed by atoms with Crippen LogP contribution in [0.5, 0.6) is 0 Å². The number of aryl methyl sites for hydroxylation is 1. The lowest BCUT2D eigenvalue weighted by atomic mass is 9.95. The first kappa shape index (κ1) is 19.3. The van der Waals surface area contributed by atoms with Gasteiger partial charge >= 0.3 is 0 Å². The predicted molar refractivity (Wildman–Crippen MR) is 117 cm³/mol. The molecule has 2 atom stereocenters. The van der Waals surface area contributed by atoms with Crippen LogP contribution in [0.25, 0.3) is 11.6 Å². The van der Waals surface area contributed by atoms with E-state index in [0.29, 0.717) is 11.2 Å². The first-order valence-corrected chi connectivity index (χ1v) is 11.8. The molecule has 0 spiro atoms. The normalized spacial score (nSPS) is 23.5. The maximum Gasteiger partial charge on any atom is 0.202 e. The molecule has 5 rings (SSSR count). The van der Waals surface area contributed by atoms with Crippen molar-refractivity contribution < 1.29 is 4.42 Å². The Morgan fingerprint density at radius 2 is 2.10 bits per heavy atom. The Morgan fingerprint density at radius 1 is 1.28 bits per heavy atom. The molecular weight excluding hydrogens is 450 g/mol. The van der Waals surface area contributed by atoms with Crippen LogP contribution in [0.1, 0.15) is 24.1 Å². The van der Waals surface area contributed by atoms with Crippen LogP contribution in [-0.2, 0) is 12.5 Å². The Balaban J connectivity index is 1.13. The molecule has 3 aromatic rings. The summed E-state index contributed by atoms with van der Waals surface area (Å²) in [6, 6.07) is 8.94. The summed E-state index contributed by atoms with van der Waals surface area (Å²) in [6.07, 6.45) is 3.95. The van der Waals surface area contributed by atoms with Gasteiger partial charge in [-0.15, -0.1) is 10.2 Å². The maximum absolute atomic E-state index is 5.45. The number of likely N-dealkylation sites (tertiary alicyclic amines) is 1. The van der Waals surface area contributed by atoms with Crippen molar-refractivity contribution in [2.45, 2.75) is 30.3 Å². The molecule has 0 radical (unpaired) electrons. The molecule has 2 fully saturated rings. The predicted octanol–water partition coefficient (Wildman–Crippen LogP) is 4.30. The molecular formula is C21H24BrN5OS. The van der Waals surface area contributed by atoms with Gasteiger partial charge in [-0.2, -0.15) is 0 Å². The molecule has 1 saturated carbocycles. The van der Waals surface area contributed by atoms with E-state index in [4.69, 9.17) is 4.42 Å². The van der Waals surface area contributed by atoms with Gasteiger partial charge in [-0.05, 0) is 49.9 Å². The first-order valence-electron chi connectivity index (χ1n) is 9.98. The van der Waals surface area contributed by atoms with Gasteiger partial charge in [-0.25, -0.2) is 4.98 Å². The van der Waals surface area contributed by atoms with Crippen LogP contribution in [0.15, 0.2) is 44.7 Å². The van der Waals surface area contributed by atoms with E-state index in [0.717, 1.165) is 45.8 Å². The number of hydrogen-bond donors (Lipinski definition) is 0. The summed E-state index contributed by atoms with van der Waals surface area (Å²) < 4.78 is 8.60. The van der Waals surface area contributed by atoms with Crippen molar-refractivity contribution in [2.24, 2.45) is 13.0 Å². The average molecular weight is 474 g/mol. The van der Waals surface area contributed by atoms with Crippen molar-refractivity contribution in [1.29, 1.82) is 0 Å². The standard InChI is InChI=1S/C21H24BrN5OS/c1-14-18(28-13-23-14)19-24-25-20(26(19)2)29-9-3-8-27-11-16-10-21(16,12-27)15-4-6-17(22)7-5-15/h4-7,13,16H,3,8-12H2,1-2H3/t16-,21?/m1/s1. The molecule has 1 saturated heterocycles. The molecule has 6 nitrogen and oxygen atoms in total. The van der Waals surface area contributed by atoms with Gasteiger partial charge < -0.3 is 13.9 Å². The number of oxazole rings is 1. The lowest BCUT2D eigenvalue weighted by Gasteiger charge is -2.21. The number of thioether (sulfide) groups is 1. The number of hydrogen-bond acceptors (Lipinski definition) is 6. The fourth-order valence-electron chi connectivity index (χ4n) is 4.59. The second kappa shape index (κ2) is 7.56. The Labute approximate surface area is 183 Å². The average Bonchev–Trinajstić information content (AvgIpc) is 3.02. The monoisotopic (exact) mass is 473 g/mol. The van der Waals surface area contributed by atoms with Crippen molar-refractivity contribution in [3.63, 3.8) is 0 Å². The van der Waals surface area contributed by atoms with Crippen molar-refractivity contribution in [3.05, 3.63) is 46.4 Å². The van der Waals surface area contributed by atoms with Gasteiger partial charge in [0.2, 0.25) is 5.82 Å². The van der Waals surface area contributed by atoms with E-state index in [1.54, 1.807) is 11.8 Å². The highest BCUT2D eigenvalue weighted by Crippen LogP contribution is 2.59. The fraction of sp³-hybridized carbons (Fsp3) is 0.476. The van der Waals surface area contributed by atoms with Crippen LogP contribution in [0, 0.1) is 12.8 Å². The second-order valence-electron chi connectivity index (χ2n) is 8.13. The van der Waals surface area contributed by atoms with E-state index in [2.05, 4.69) is 60.3 Å². The lowest BCUT2D eigenvalue weighted by Crippen LogP contribution is -2.27. The van der Waals surface area contributed by atoms with Crippen molar-refractivity contribution in [3.8, 4) is 11.6 Å². The molecule has 152 valence electrons. The Kier molecular flexibility index (Phi) is 5.04. The van der Waals surface area contributed by atoms with Gasteiger partial charge in [-0.3, -0.25) is 0 Å². The maximum atomic E-state index is 5.45. The highest BCUT2D eigenvalue weighted by molar-refractivity contribution is 9.10. The third kappa shape index (κ3) is 3.55. The topological polar surface area (TPSA) is 60.0 Å². The van der Waals surface area contributed by atoms with Gasteiger partial charge in [0, 0.05) is 35.8 Å². The Bertz CT molecular complexity index is 1020. The summed E-state index contributed by atoms with van der Waals surface area (Å²) in [5.74, 6) is 3.30. The Hall–Kier alpha value is -1.64. The zero-order valence-corrected chi connectivity index (χ0v) is 19.0. The first-order chi connectivity index (χ1) is 14.1. The number of rotatable bonds is 7. The zero-order chi connectivity index (χ0) is 20.0. The van der Waals surface area contributed by atoms with E-state index in [9.17, 15) is 0 Å². The van der Waals surface area contributed by atoms with Gasteiger partial charge in [0.05, 0.1) is 5.69 Å². The van der Waals surface area contributed by atoms with E-state index in [1.165, 1.54) is 31.5 Å². The molecule has 1 aliphatic heterocycles. The van der Waals surface area contributed by atoms with E-state index in [1.807, 2.05) is 18.5 Å². The molecule has 8 heteroatoms. The molecule has 2 aromatic heterocycles. The minimum Gasteiger partial charge on any atom is -0.440 e. The summed E-state index contributed by atoms with van der Waals surface area (Å²) in [6.45, 7) is 5.50. The summed E-state index contributed by atoms with van der Waals surface area (Å²) in [5, 5.41) is 9.54. The van der Waals surface area contributed by atoms with Crippen LogP contribution in [-0.4, -0.2) is 50.0 Å². The quantitative estimate of drug-likeness (QED) is 0.376. The third-order valence-corrected chi connectivity index (χ3v) is 7.90. The summed E-state index contributed by atoms with van der Waals surface area (Å²) in [4.78, 5) is 6.78. The second-order valence-corrected chi connectivity index (χ2v) is 10.1. The van der Waals surface area contributed by atoms with Crippen LogP contribution in [0.4, 0.5) is 0 Å². The van der Waals surface area contributed by atoms with E-state index >= 15 is 0 Å². The van der Waals surface area contributed by atoms with Gasteiger partial charge in [-0.1, -0.05) is 39.8 Å². The largest absolute Gasteiger partial charge is 0.440 e. The smallest absolute Gasteiger partial charge is 0.202 e. The van der Waals surface area contributed by atoms with E-state index in [-0.39, 0.29) is 0 Å². The van der Waals surface area contributed by atoms with Gasteiger partial charge in [0.1, 0.15) is 0 Å². The van der Waals surface area contributed by atoms with Crippen LogP contribution in [0.3, 0.4) is 0 Å². The summed E-state index contributed by atoms with van der Waals surface area (Å²) >= 11 is 5.31. The minimum atomic E-state index is 0.418. The third-order valence-electron chi connectivity index (χ3n) is 6.27. The number of benzene rings is 1. The molecule has 1 unspecified atom stereocenters. The molecule has 3 heterocycles. The zero-order valence-electron chi connectivity index (χ0n) is 16.6. The molecule has 0 amide bonds. The summed E-state index contributed by atoms with van der Waals surface area (Å²) in [7, 11) is 1.98. The SMILES string of the molecule is Cc1ncoc1-c1nnc(SCCCN2C[C@H]3CC3(c3ccc(Br)cc3)C2)n1C. The molecule has 1 aliphatic carbocycles. The lowest BCUT2D eigenvalue weighted by molar-refractivity contribution is 0.299. The highest BCUT2D eigenvalue weighted by Gasteiger charge is 2.60. The Morgan fingerprint density at radius 3 is 2.86 bits per heavy atom. The van der Waals surface area contributed by atoms with Crippen molar-refractivity contribution >= 4 is 27.7 Å². The van der Waals surface area contributed by atoms with Crippen molar-refractivity contribution in [2.75, 3.05) is 25.4 Å². The number of fused-ring (bicyclic) bond motifs is 1. The van der Waals surface area contributed by atoms with Crippen LogP contribution in [0.2, 0.25) is 0 Å². The van der Waals surface area contributed by atoms with Gasteiger partial charge in [0.15, 0.2) is 17.3 Å². The highest BCUT2D eigenvalue weighted by atomic mass is 79.9. The number of halogens is 1. The minimum absolute atomic E-state index is 0.418. The molecule has 2 aliphatic rings. The molecule has 1 aromatic carbocycles. The molecule has 0 N–H and O–H groups in total. The number of aromatic nitrogens is 4. The summed E-state index contributed by atoms with van der Waals surface area (Å²) in [5.41, 5.74) is 2.77. The molecule has 0 bridgehead atoms. The van der Waals surface area contributed by atoms with Gasteiger partial charge in [0.25, 0.3) is 0 Å². The number of nitrogens with zero attached hydrogens (tertiary/aromatic N) is 5. The number of piperidine rings is 1. The van der Waals surface area contributed by atoms with Crippen molar-refractivity contribution in [1.82, 2.24) is 24.6 Å². The fourth-order valence-corrected chi connectivity index (χ4v) is 5.69.